The van der Waals surface area contributed by atoms with Crippen molar-refractivity contribution in [1.82, 2.24) is 4.98 Å². The molecule has 0 saturated carbocycles. The van der Waals surface area contributed by atoms with Crippen LogP contribution in [0.15, 0.2) is 12.1 Å². The molecule has 0 bridgehead atoms. The zero-order chi connectivity index (χ0) is 14.4. The maximum atomic E-state index is 11.2. The van der Waals surface area contributed by atoms with Gasteiger partial charge in [0, 0.05) is 35.4 Å². The largest absolute Gasteiger partial charge is 0.370 e. The third-order valence-corrected chi connectivity index (χ3v) is 3.82. The SMILES string of the molecule is CCNc1cc([N+](=O)[O-])cc(NCC(C)S(C)=O)n1. The predicted molar refractivity (Wildman–Crippen MR) is 77.1 cm³/mol. The third-order valence-electron chi connectivity index (χ3n) is 2.52. The van der Waals surface area contributed by atoms with Gasteiger partial charge in [-0.15, -0.1) is 0 Å². The van der Waals surface area contributed by atoms with Gasteiger partial charge in [-0.05, 0) is 13.8 Å². The van der Waals surface area contributed by atoms with Gasteiger partial charge in [0.2, 0.25) is 0 Å². The second kappa shape index (κ2) is 7.03. The Kier molecular flexibility index (Phi) is 5.68. The molecule has 0 aromatic carbocycles. The number of nitrogens with one attached hydrogen (secondary N) is 2. The lowest BCUT2D eigenvalue weighted by Gasteiger charge is -2.11. The Bertz CT molecular complexity index is 481. The number of anilines is 2. The molecule has 1 heterocycles. The first-order chi connectivity index (χ1) is 8.93. The van der Waals surface area contributed by atoms with E-state index in [2.05, 4.69) is 15.6 Å². The van der Waals surface area contributed by atoms with Gasteiger partial charge in [0.1, 0.15) is 11.6 Å². The summed E-state index contributed by atoms with van der Waals surface area (Å²) in [5, 5.41) is 16.7. The summed E-state index contributed by atoms with van der Waals surface area (Å²) in [5.74, 6) is 0.854. The molecule has 2 unspecified atom stereocenters. The van der Waals surface area contributed by atoms with Crippen LogP contribution in [0.3, 0.4) is 0 Å². The van der Waals surface area contributed by atoms with Crippen LogP contribution in [-0.2, 0) is 10.8 Å². The number of rotatable bonds is 7. The molecule has 1 rings (SSSR count). The van der Waals surface area contributed by atoms with E-state index in [0.717, 1.165) is 0 Å². The maximum Gasteiger partial charge on any atom is 0.276 e. The zero-order valence-electron chi connectivity index (χ0n) is 11.2. The van der Waals surface area contributed by atoms with Crippen LogP contribution in [0.2, 0.25) is 0 Å². The van der Waals surface area contributed by atoms with Gasteiger partial charge in [-0.1, -0.05) is 0 Å². The zero-order valence-corrected chi connectivity index (χ0v) is 12.0. The van der Waals surface area contributed by atoms with E-state index in [1.807, 2.05) is 13.8 Å². The molecule has 0 amide bonds. The highest BCUT2D eigenvalue weighted by molar-refractivity contribution is 7.84. The summed E-state index contributed by atoms with van der Waals surface area (Å²) in [4.78, 5) is 14.6. The van der Waals surface area contributed by atoms with Gasteiger partial charge in [-0.3, -0.25) is 14.3 Å². The topological polar surface area (TPSA) is 97.2 Å². The number of nitro groups is 1. The van der Waals surface area contributed by atoms with E-state index in [9.17, 15) is 14.3 Å². The van der Waals surface area contributed by atoms with E-state index in [-0.39, 0.29) is 10.9 Å². The van der Waals surface area contributed by atoms with Crippen molar-refractivity contribution >= 4 is 28.1 Å². The Morgan fingerprint density at radius 2 is 2.00 bits per heavy atom. The van der Waals surface area contributed by atoms with Crippen LogP contribution in [-0.4, -0.2) is 38.7 Å². The second-order valence-corrected chi connectivity index (χ2v) is 5.88. The van der Waals surface area contributed by atoms with Gasteiger partial charge in [-0.2, -0.15) is 0 Å². The summed E-state index contributed by atoms with van der Waals surface area (Å²) in [6, 6.07) is 2.75. The highest BCUT2D eigenvalue weighted by atomic mass is 32.2. The first-order valence-electron chi connectivity index (χ1n) is 5.90. The molecule has 8 heteroatoms. The monoisotopic (exact) mass is 286 g/mol. The molecule has 0 aliphatic carbocycles. The number of nitrogens with zero attached hydrogens (tertiary/aromatic N) is 2. The lowest BCUT2D eigenvalue weighted by molar-refractivity contribution is -0.384. The Morgan fingerprint density at radius 1 is 1.42 bits per heavy atom. The molecule has 106 valence electrons. The average Bonchev–Trinajstić information content (AvgIpc) is 2.35. The lowest BCUT2D eigenvalue weighted by atomic mass is 10.3. The maximum absolute atomic E-state index is 11.2. The average molecular weight is 286 g/mol. The van der Waals surface area contributed by atoms with E-state index in [4.69, 9.17) is 0 Å². The van der Waals surface area contributed by atoms with Crippen molar-refractivity contribution in [2.24, 2.45) is 0 Å². The van der Waals surface area contributed by atoms with Crippen LogP contribution < -0.4 is 10.6 Å². The first kappa shape index (κ1) is 15.4. The van der Waals surface area contributed by atoms with Gasteiger partial charge >= 0.3 is 0 Å². The van der Waals surface area contributed by atoms with Crippen LogP contribution in [0.1, 0.15) is 13.8 Å². The fourth-order valence-electron chi connectivity index (χ4n) is 1.35. The Hall–Kier alpha value is -1.70. The molecule has 0 fully saturated rings. The number of aromatic nitrogens is 1. The van der Waals surface area contributed by atoms with E-state index in [0.29, 0.717) is 24.7 Å². The molecule has 7 nitrogen and oxygen atoms in total. The number of hydrogen-bond donors (Lipinski definition) is 2. The van der Waals surface area contributed by atoms with Gasteiger partial charge in [0.15, 0.2) is 0 Å². The minimum atomic E-state index is -0.947. The summed E-state index contributed by atoms with van der Waals surface area (Å²) in [5.41, 5.74) is -0.0290. The summed E-state index contributed by atoms with van der Waals surface area (Å²) >= 11 is 0. The second-order valence-electron chi connectivity index (χ2n) is 4.07. The van der Waals surface area contributed by atoms with Crippen LogP contribution >= 0.6 is 0 Å². The van der Waals surface area contributed by atoms with Crippen LogP contribution in [0.5, 0.6) is 0 Å². The highest BCUT2D eigenvalue weighted by Crippen LogP contribution is 2.20. The van der Waals surface area contributed by atoms with E-state index < -0.39 is 15.7 Å². The van der Waals surface area contributed by atoms with Crippen molar-refractivity contribution in [3.8, 4) is 0 Å². The van der Waals surface area contributed by atoms with Crippen LogP contribution in [0.25, 0.3) is 0 Å². The van der Waals surface area contributed by atoms with Crippen molar-refractivity contribution in [3.63, 3.8) is 0 Å². The third kappa shape index (κ3) is 4.82. The van der Waals surface area contributed by atoms with Gasteiger partial charge in [0.25, 0.3) is 5.69 Å². The molecule has 2 atom stereocenters. The summed E-state index contributed by atoms with van der Waals surface area (Å²) < 4.78 is 11.2. The Balaban J connectivity index is 2.87. The standard InChI is InChI=1S/C11H18N4O3S/c1-4-12-10-5-9(15(16)17)6-11(14-10)13-7-8(2)19(3)18/h5-6,8H,4,7H2,1-3H3,(H2,12,13,14). The molecule has 19 heavy (non-hydrogen) atoms. The van der Waals surface area contributed by atoms with Crippen LogP contribution in [0, 0.1) is 10.1 Å². The van der Waals surface area contributed by atoms with Crippen LogP contribution in [0.4, 0.5) is 17.3 Å². The quantitative estimate of drug-likeness (QED) is 0.583. The molecule has 0 spiro atoms. The van der Waals surface area contributed by atoms with E-state index >= 15 is 0 Å². The van der Waals surface area contributed by atoms with Gasteiger partial charge in [0.05, 0.1) is 17.1 Å². The van der Waals surface area contributed by atoms with Crippen molar-refractivity contribution in [1.29, 1.82) is 0 Å². The molecule has 1 aromatic rings. The molecular formula is C11H18N4O3S. The predicted octanol–water partition coefficient (Wildman–Crippen LogP) is 1.60. The molecular weight excluding hydrogens is 268 g/mol. The fourth-order valence-corrected chi connectivity index (χ4v) is 1.67. The summed E-state index contributed by atoms with van der Waals surface area (Å²) in [7, 11) is -0.947. The lowest BCUT2D eigenvalue weighted by Crippen LogP contribution is -2.21. The Morgan fingerprint density at radius 3 is 2.47 bits per heavy atom. The van der Waals surface area contributed by atoms with E-state index in [1.165, 1.54) is 12.1 Å². The molecule has 1 aromatic heterocycles. The number of hydrogen-bond acceptors (Lipinski definition) is 6. The molecule has 0 aliphatic heterocycles. The first-order valence-corrected chi connectivity index (χ1v) is 7.52. The molecule has 2 N–H and O–H groups in total. The molecule has 0 saturated heterocycles. The fraction of sp³-hybridized carbons (Fsp3) is 0.545. The normalized spacial score (nSPS) is 13.6. The smallest absolute Gasteiger partial charge is 0.276 e. The van der Waals surface area contributed by atoms with Crippen molar-refractivity contribution < 1.29 is 9.13 Å². The summed E-state index contributed by atoms with van der Waals surface area (Å²) in [6.45, 7) is 4.80. The number of pyridine rings is 1. The highest BCUT2D eigenvalue weighted by Gasteiger charge is 2.12. The van der Waals surface area contributed by atoms with E-state index in [1.54, 1.807) is 6.26 Å². The van der Waals surface area contributed by atoms with Gasteiger partial charge < -0.3 is 10.6 Å². The minimum Gasteiger partial charge on any atom is -0.370 e. The molecule has 0 radical (unpaired) electrons. The van der Waals surface area contributed by atoms with Gasteiger partial charge in [-0.25, -0.2) is 4.98 Å². The Labute approximate surface area is 114 Å². The minimum absolute atomic E-state index is 0.0290. The molecule has 0 aliphatic rings. The van der Waals surface area contributed by atoms with Crippen molar-refractivity contribution in [2.75, 3.05) is 30.0 Å². The summed E-state index contributed by atoms with van der Waals surface area (Å²) in [6.07, 6.45) is 1.62. The van der Waals surface area contributed by atoms with Crippen molar-refractivity contribution in [3.05, 3.63) is 22.2 Å². The van der Waals surface area contributed by atoms with Crippen molar-refractivity contribution in [2.45, 2.75) is 19.1 Å².